The fourth-order valence-corrected chi connectivity index (χ4v) is 5.10. The van der Waals surface area contributed by atoms with Crippen molar-refractivity contribution in [2.45, 2.75) is 26.2 Å². The molecule has 2 aromatic carbocycles. The van der Waals surface area contributed by atoms with Crippen LogP contribution < -0.4 is 0 Å². The molecule has 2 heterocycles. The van der Waals surface area contributed by atoms with Gasteiger partial charge in [-0.15, -0.1) is 23.7 Å². The van der Waals surface area contributed by atoms with Crippen LogP contribution in [-0.2, 0) is 12.8 Å². The Balaban J connectivity index is 0.00000168. The summed E-state index contributed by atoms with van der Waals surface area (Å²) in [6.45, 7) is 2.14. The Hall–Kier alpha value is -2.16. The monoisotopic (exact) mass is 377 g/mol. The van der Waals surface area contributed by atoms with Gasteiger partial charge in [-0.25, -0.2) is 4.98 Å². The lowest BCUT2D eigenvalue weighted by Gasteiger charge is -2.10. The van der Waals surface area contributed by atoms with E-state index in [0.717, 1.165) is 5.69 Å². The zero-order valence-electron chi connectivity index (χ0n) is 14.7. The van der Waals surface area contributed by atoms with Crippen LogP contribution in [-0.4, -0.2) is 4.98 Å². The first kappa shape index (κ1) is 17.3. The molecule has 0 aliphatic heterocycles. The van der Waals surface area contributed by atoms with Crippen molar-refractivity contribution in [2.24, 2.45) is 0 Å². The number of halogens is 1. The van der Waals surface area contributed by atoms with Gasteiger partial charge in [0.15, 0.2) is 0 Å². The first-order valence-corrected chi connectivity index (χ1v) is 9.69. The molecule has 1 aliphatic rings. The Bertz CT molecular complexity index is 1070. The smallest absolute Gasteiger partial charge is 0.125 e. The molecule has 2 aromatic heterocycles. The van der Waals surface area contributed by atoms with Gasteiger partial charge < -0.3 is 0 Å². The second-order valence-corrected chi connectivity index (χ2v) is 7.91. The minimum Gasteiger partial charge on any atom is -0.237 e. The average Bonchev–Trinajstić information content (AvgIpc) is 3.23. The molecule has 0 radical (unpaired) electrons. The number of thiophene rings is 1. The molecule has 0 spiro atoms. The minimum absolute atomic E-state index is 0. The Morgan fingerprint density at radius 2 is 1.65 bits per heavy atom. The molecule has 1 aliphatic carbocycles. The van der Waals surface area contributed by atoms with Gasteiger partial charge in [0.2, 0.25) is 0 Å². The highest BCUT2D eigenvalue weighted by Crippen LogP contribution is 2.43. The summed E-state index contributed by atoms with van der Waals surface area (Å²) in [5.41, 5.74) is 7.73. The lowest BCUT2D eigenvalue weighted by molar-refractivity contribution is 0.917. The number of aryl methyl sites for hydroxylation is 3. The number of benzene rings is 2. The molecular formula is C23H20ClNS. The summed E-state index contributed by atoms with van der Waals surface area (Å²) in [5.74, 6) is 0. The van der Waals surface area contributed by atoms with Gasteiger partial charge in [0.25, 0.3) is 0 Å². The third-order valence-electron chi connectivity index (χ3n) is 5.11. The van der Waals surface area contributed by atoms with Crippen molar-refractivity contribution < 1.29 is 0 Å². The minimum atomic E-state index is 0. The van der Waals surface area contributed by atoms with Crippen LogP contribution >= 0.6 is 23.7 Å². The van der Waals surface area contributed by atoms with E-state index in [4.69, 9.17) is 4.98 Å². The van der Waals surface area contributed by atoms with E-state index >= 15 is 0 Å². The van der Waals surface area contributed by atoms with Crippen LogP contribution in [0.25, 0.3) is 32.6 Å². The zero-order chi connectivity index (χ0) is 16.8. The quantitative estimate of drug-likeness (QED) is 0.372. The summed E-state index contributed by atoms with van der Waals surface area (Å²) in [7, 11) is 0. The van der Waals surface area contributed by atoms with Gasteiger partial charge in [0.05, 0.1) is 5.69 Å². The molecule has 3 heteroatoms. The summed E-state index contributed by atoms with van der Waals surface area (Å²) in [5, 5.41) is 1.39. The molecule has 130 valence electrons. The van der Waals surface area contributed by atoms with Crippen molar-refractivity contribution in [3.8, 4) is 22.4 Å². The van der Waals surface area contributed by atoms with Crippen LogP contribution in [0.1, 0.15) is 22.4 Å². The average molecular weight is 378 g/mol. The Labute approximate surface area is 164 Å². The van der Waals surface area contributed by atoms with E-state index in [1.165, 1.54) is 51.7 Å². The van der Waals surface area contributed by atoms with E-state index in [2.05, 4.69) is 67.6 Å². The first-order chi connectivity index (χ1) is 12.3. The highest BCUT2D eigenvalue weighted by atomic mass is 35.5. The molecular weight excluding hydrogens is 358 g/mol. The fraction of sp³-hybridized carbons (Fsp3) is 0.174. The van der Waals surface area contributed by atoms with Crippen molar-refractivity contribution >= 4 is 34.0 Å². The summed E-state index contributed by atoms with van der Waals surface area (Å²) in [4.78, 5) is 7.77. The van der Waals surface area contributed by atoms with E-state index in [1.807, 2.05) is 11.3 Å². The van der Waals surface area contributed by atoms with Gasteiger partial charge in [-0.2, -0.15) is 0 Å². The van der Waals surface area contributed by atoms with Gasteiger partial charge >= 0.3 is 0 Å². The summed E-state index contributed by atoms with van der Waals surface area (Å²) < 4.78 is 0. The van der Waals surface area contributed by atoms with Crippen LogP contribution in [0.4, 0.5) is 0 Å². The predicted molar refractivity (Wildman–Crippen MR) is 115 cm³/mol. The standard InChI is InChI=1S/C23H19NS.ClH/c1-15-10-12-16(13-11-15)19-14-20(17-6-3-2-4-7-17)24-23-22(19)18-8-5-9-21(18)25-23;/h2-4,6-7,10-14H,5,8-9H2,1H3;1H. The molecule has 0 atom stereocenters. The van der Waals surface area contributed by atoms with Crippen LogP contribution in [0.5, 0.6) is 0 Å². The number of rotatable bonds is 2. The van der Waals surface area contributed by atoms with E-state index in [1.54, 1.807) is 10.4 Å². The van der Waals surface area contributed by atoms with E-state index < -0.39 is 0 Å². The normalized spacial score (nSPS) is 12.8. The third-order valence-corrected chi connectivity index (χ3v) is 6.29. The maximum absolute atomic E-state index is 5.03. The predicted octanol–water partition coefficient (Wildman–Crippen LogP) is 6.85. The van der Waals surface area contributed by atoms with Crippen LogP contribution in [0, 0.1) is 6.92 Å². The van der Waals surface area contributed by atoms with Gasteiger partial charge in [-0.3, -0.25) is 0 Å². The summed E-state index contributed by atoms with van der Waals surface area (Å²) >= 11 is 1.90. The number of aromatic nitrogens is 1. The molecule has 0 saturated heterocycles. The van der Waals surface area contributed by atoms with Gasteiger partial charge in [0.1, 0.15) is 4.83 Å². The second kappa shape index (κ2) is 6.86. The number of pyridine rings is 1. The maximum atomic E-state index is 5.03. The molecule has 4 aromatic rings. The molecule has 0 saturated carbocycles. The highest BCUT2D eigenvalue weighted by molar-refractivity contribution is 7.19. The number of hydrogen-bond acceptors (Lipinski definition) is 2. The van der Waals surface area contributed by atoms with Crippen molar-refractivity contribution in [1.82, 2.24) is 4.98 Å². The lowest BCUT2D eigenvalue weighted by Crippen LogP contribution is -1.89. The molecule has 5 rings (SSSR count). The topological polar surface area (TPSA) is 12.9 Å². The largest absolute Gasteiger partial charge is 0.237 e. The molecule has 0 N–H and O–H groups in total. The fourth-order valence-electron chi connectivity index (χ4n) is 3.81. The lowest BCUT2D eigenvalue weighted by atomic mass is 9.97. The van der Waals surface area contributed by atoms with E-state index in [-0.39, 0.29) is 12.4 Å². The van der Waals surface area contributed by atoms with Crippen LogP contribution in [0.3, 0.4) is 0 Å². The zero-order valence-corrected chi connectivity index (χ0v) is 16.3. The van der Waals surface area contributed by atoms with E-state index in [9.17, 15) is 0 Å². The summed E-state index contributed by atoms with van der Waals surface area (Å²) in [6, 6.07) is 21.7. The SMILES string of the molecule is Cc1ccc(-c2cc(-c3ccccc3)nc3sc4c(c23)CCC4)cc1.Cl. The first-order valence-electron chi connectivity index (χ1n) is 8.87. The molecule has 1 nitrogen and oxygen atoms in total. The Morgan fingerprint density at radius 3 is 2.42 bits per heavy atom. The summed E-state index contributed by atoms with van der Waals surface area (Å²) in [6.07, 6.45) is 3.69. The van der Waals surface area contributed by atoms with Crippen molar-refractivity contribution in [3.05, 3.63) is 76.7 Å². The van der Waals surface area contributed by atoms with E-state index in [0.29, 0.717) is 0 Å². The number of nitrogens with zero attached hydrogens (tertiary/aromatic N) is 1. The van der Waals surface area contributed by atoms with Gasteiger partial charge in [-0.1, -0.05) is 60.2 Å². The van der Waals surface area contributed by atoms with Crippen molar-refractivity contribution in [1.29, 1.82) is 0 Å². The maximum Gasteiger partial charge on any atom is 0.125 e. The molecule has 0 amide bonds. The molecule has 0 unspecified atom stereocenters. The van der Waals surface area contributed by atoms with Crippen molar-refractivity contribution in [2.75, 3.05) is 0 Å². The Kier molecular flexibility index (Phi) is 4.56. The molecule has 26 heavy (non-hydrogen) atoms. The van der Waals surface area contributed by atoms with Crippen molar-refractivity contribution in [3.63, 3.8) is 0 Å². The Morgan fingerprint density at radius 1 is 0.885 bits per heavy atom. The molecule has 0 fully saturated rings. The number of hydrogen-bond donors (Lipinski definition) is 0. The van der Waals surface area contributed by atoms with Gasteiger partial charge in [-0.05, 0) is 48.9 Å². The third kappa shape index (κ3) is 2.84. The number of fused-ring (bicyclic) bond motifs is 3. The highest BCUT2D eigenvalue weighted by Gasteiger charge is 2.22. The molecule has 0 bridgehead atoms. The second-order valence-electron chi connectivity index (χ2n) is 6.82. The van der Waals surface area contributed by atoms with Crippen LogP contribution in [0.15, 0.2) is 60.7 Å². The van der Waals surface area contributed by atoms with Gasteiger partial charge in [0, 0.05) is 15.8 Å². The van der Waals surface area contributed by atoms with Crippen LogP contribution in [0.2, 0.25) is 0 Å².